The van der Waals surface area contributed by atoms with Gasteiger partial charge in [0.25, 0.3) is 0 Å². The van der Waals surface area contributed by atoms with E-state index in [1.54, 1.807) is 11.3 Å². The topological polar surface area (TPSA) is 0 Å². The Kier molecular flexibility index (Phi) is 2.16. The Hall–Kier alpha value is -0.235. The third-order valence-corrected chi connectivity index (χ3v) is 1.75. The van der Waals surface area contributed by atoms with Crippen molar-refractivity contribution in [2.75, 3.05) is 0 Å². The lowest BCUT2D eigenvalue weighted by Crippen LogP contribution is -1.76. The first-order valence-corrected chi connectivity index (χ1v) is 3.59. The molecule has 0 amide bonds. The van der Waals surface area contributed by atoms with Crippen molar-refractivity contribution in [3.63, 3.8) is 0 Å². The Bertz CT molecular complexity index is 134. The summed E-state index contributed by atoms with van der Waals surface area (Å²) >= 11 is 1.72. The Morgan fingerprint density at radius 2 is 2.50 bits per heavy atom. The summed E-state index contributed by atoms with van der Waals surface area (Å²) in [5.41, 5.74) is 1.36. The van der Waals surface area contributed by atoms with Gasteiger partial charge in [-0.1, -0.05) is 6.32 Å². The van der Waals surface area contributed by atoms with Crippen LogP contribution in [0, 0.1) is 0 Å². The number of aryl methyl sites for hydroxylation is 1. The highest BCUT2D eigenvalue weighted by atomic mass is 32.1. The van der Waals surface area contributed by atoms with Crippen molar-refractivity contribution in [2.24, 2.45) is 0 Å². The maximum atomic E-state index is 5.32. The van der Waals surface area contributed by atoms with Crippen molar-refractivity contribution in [2.45, 2.75) is 12.7 Å². The predicted octanol–water partition coefficient (Wildman–Crippen LogP) is 1.88. The minimum atomic E-state index is 0.761. The fourth-order valence-corrected chi connectivity index (χ4v) is 1.30. The first kappa shape index (κ1) is 5.89. The highest BCUT2D eigenvalue weighted by Gasteiger charge is 1.86. The molecule has 0 aromatic carbocycles. The lowest BCUT2D eigenvalue weighted by molar-refractivity contribution is 1.15. The molecule has 0 unspecified atom stereocenters. The molecule has 0 aliphatic heterocycles. The van der Waals surface area contributed by atoms with E-state index < -0.39 is 0 Å². The van der Waals surface area contributed by atoms with Gasteiger partial charge < -0.3 is 0 Å². The van der Waals surface area contributed by atoms with Crippen LogP contribution in [0.3, 0.4) is 0 Å². The minimum Gasteiger partial charge on any atom is -0.152 e. The molecule has 2 heteroatoms. The predicted molar refractivity (Wildman–Crippen MR) is 38.6 cm³/mol. The smallest absolute Gasteiger partial charge is 0.0657 e. The number of rotatable bonds is 2. The molecule has 8 heavy (non-hydrogen) atoms. The van der Waals surface area contributed by atoms with Crippen LogP contribution in [-0.2, 0) is 6.42 Å². The molecule has 0 N–H and O–H groups in total. The van der Waals surface area contributed by atoms with Crippen molar-refractivity contribution < 1.29 is 0 Å². The second kappa shape index (κ2) is 2.93. The molecule has 0 aliphatic carbocycles. The summed E-state index contributed by atoms with van der Waals surface area (Å²) in [6.07, 6.45) is 1.78. The Morgan fingerprint density at radius 3 is 3.00 bits per heavy atom. The van der Waals surface area contributed by atoms with Crippen LogP contribution in [0.5, 0.6) is 0 Å². The van der Waals surface area contributed by atoms with Gasteiger partial charge in [0.05, 0.1) is 7.85 Å². The zero-order chi connectivity index (χ0) is 5.82. The molecule has 0 fully saturated rings. The summed E-state index contributed by atoms with van der Waals surface area (Å²) < 4.78 is 0. The van der Waals surface area contributed by atoms with Crippen LogP contribution in [0.25, 0.3) is 0 Å². The highest BCUT2D eigenvalue weighted by molar-refractivity contribution is 7.07. The lowest BCUT2D eigenvalue weighted by atomic mass is 9.99. The van der Waals surface area contributed by atoms with Gasteiger partial charge in [-0.15, -0.1) is 0 Å². The molecule has 2 radical (unpaired) electrons. The van der Waals surface area contributed by atoms with Crippen LogP contribution in [0.4, 0.5) is 0 Å². The zero-order valence-electron chi connectivity index (χ0n) is 4.63. The molecule has 0 aliphatic rings. The van der Waals surface area contributed by atoms with E-state index in [0.29, 0.717) is 0 Å². The Morgan fingerprint density at radius 1 is 1.62 bits per heavy atom. The SMILES string of the molecule is [B]CCc1ccsc1. The Labute approximate surface area is 55.0 Å². The molecule has 1 rings (SSSR count). The maximum Gasteiger partial charge on any atom is 0.0657 e. The second-order valence-corrected chi connectivity index (χ2v) is 2.45. The van der Waals surface area contributed by atoms with Crippen molar-refractivity contribution in [3.8, 4) is 0 Å². The summed E-state index contributed by atoms with van der Waals surface area (Å²) in [6, 6.07) is 2.11. The first-order chi connectivity index (χ1) is 3.93. The normalized spacial score (nSPS) is 9.50. The van der Waals surface area contributed by atoms with Crippen LogP contribution in [-0.4, -0.2) is 7.85 Å². The van der Waals surface area contributed by atoms with Crippen molar-refractivity contribution in [1.82, 2.24) is 0 Å². The zero-order valence-corrected chi connectivity index (χ0v) is 5.45. The van der Waals surface area contributed by atoms with Crippen LogP contribution in [0.15, 0.2) is 16.8 Å². The molecule has 0 atom stereocenters. The average molecular weight is 122 g/mol. The molecule has 1 heterocycles. The van der Waals surface area contributed by atoms with Gasteiger partial charge in [-0.3, -0.25) is 0 Å². The third kappa shape index (κ3) is 1.37. The fraction of sp³-hybridized carbons (Fsp3) is 0.333. The first-order valence-electron chi connectivity index (χ1n) is 2.64. The quantitative estimate of drug-likeness (QED) is 0.525. The minimum absolute atomic E-state index is 0.761. The molecule has 1 aromatic rings. The molecule has 1 aromatic heterocycles. The fourth-order valence-electron chi connectivity index (χ4n) is 0.602. The van der Waals surface area contributed by atoms with Gasteiger partial charge in [-0.25, -0.2) is 0 Å². The van der Waals surface area contributed by atoms with Gasteiger partial charge in [-0.05, 0) is 28.8 Å². The summed E-state index contributed by atoms with van der Waals surface area (Å²) in [6.45, 7) is 0. The van der Waals surface area contributed by atoms with Crippen molar-refractivity contribution in [3.05, 3.63) is 22.4 Å². The van der Waals surface area contributed by atoms with E-state index in [2.05, 4.69) is 16.8 Å². The summed E-state index contributed by atoms with van der Waals surface area (Å²) in [4.78, 5) is 0. The second-order valence-electron chi connectivity index (χ2n) is 1.67. The molecule has 0 spiro atoms. The van der Waals surface area contributed by atoms with E-state index in [4.69, 9.17) is 7.85 Å². The maximum absolute atomic E-state index is 5.32. The summed E-state index contributed by atoms with van der Waals surface area (Å²) in [5, 5.41) is 4.21. The summed E-state index contributed by atoms with van der Waals surface area (Å²) in [5.74, 6) is 0. The molecule has 0 saturated carbocycles. The monoisotopic (exact) mass is 122 g/mol. The number of hydrogen-bond acceptors (Lipinski definition) is 1. The van der Waals surface area contributed by atoms with Gasteiger partial charge in [-0.2, -0.15) is 11.3 Å². The van der Waals surface area contributed by atoms with Crippen LogP contribution >= 0.6 is 11.3 Å². The van der Waals surface area contributed by atoms with Gasteiger partial charge in [0.1, 0.15) is 0 Å². The molecular weight excluding hydrogens is 115 g/mol. The van der Waals surface area contributed by atoms with Crippen molar-refractivity contribution >= 4 is 19.2 Å². The summed E-state index contributed by atoms with van der Waals surface area (Å²) in [7, 11) is 5.32. The van der Waals surface area contributed by atoms with Crippen LogP contribution in [0.1, 0.15) is 5.56 Å². The van der Waals surface area contributed by atoms with Gasteiger partial charge in [0.15, 0.2) is 0 Å². The van der Waals surface area contributed by atoms with Crippen LogP contribution < -0.4 is 0 Å². The lowest BCUT2D eigenvalue weighted by Gasteiger charge is -1.86. The molecule has 0 saturated heterocycles. The molecule has 40 valence electrons. The molecular formula is C6H7BS. The van der Waals surface area contributed by atoms with Crippen LogP contribution in [0.2, 0.25) is 6.32 Å². The number of thiophene rings is 1. The van der Waals surface area contributed by atoms with E-state index >= 15 is 0 Å². The third-order valence-electron chi connectivity index (χ3n) is 1.01. The van der Waals surface area contributed by atoms with Crippen molar-refractivity contribution in [1.29, 1.82) is 0 Å². The largest absolute Gasteiger partial charge is 0.152 e. The molecule has 0 bridgehead atoms. The molecule has 0 nitrogen and oxygen atoms in total. The average Bonchev–Trinajstić information content (AvgIpc) is 2.19. The standard InChI is InChI=1S/C6H7BS/c7-3-1-6-2-4-8-5-6/h2,4-5H,1,3H2. The van der Waals surface area contributed by atoms with E-state index in [1.807, 2.05) is 0 Å². The Balaban J connectivity index is 2.50. The van der Waals surface area contributed by atoms with E-state index in [0.717, 1.165) is 12.7 Å². The van der Waals surface area contributed by atoms with E-state index in [1.165, 1.54) is 5.56 Å². The van der Waals surface area contributed by atoms with E-state index in [9.17, 15) is 0 Å². The highest BCUT2D eigenvalue weighted by Crippen LogP contribution is 2.06. The van der Waals surface area contributed by atoms with Gasteiger partial charge >= 0.3 is 0 Å². The van der Waals surface area contributed by atoms with Gasteiger partial charge in [0.2, 0.25) is 0 Å². The van der Waals surface area contributed by atoms with Gasteiger partial charge in [0, 0.05) is 0 Å². The number of hydrogen-bond donors (Lipinski definition) is 0. The van der Waals surface area contributed by atoms with E-state index in [-0.39, 0.29) is 0 Å².